The molecule has 2 N–H and O–H groups in total. The number of hydrogen-bond acceptors (Lipinski definition) is 3. The molecular formula is C13H18FN3O. The molecule has 1 fully saturated rings. The maximum Gasteiger partial charge on any atom is 0.244 e. The van der Waals surface area contributed by atoms with Gasteiger partial charge in [-0.2, -0.15) is 0 Å². The number of anilines is 1. The minimum atomic E-state index is -0.292. The van der Waals surface area contributed by atoms with Gasteiger partial charge in [0.1, 0.15) is 11.9 Å². The van der Waals surface area contributed by atoms with Crippen LogP contribution in [0.2, 0.25) is 0 Å². The number of carbonyl (C=O) groups is 1. The number of nitrogens with one attached hydrogen (secondary N) is 2. The van der Waals surface area contributed by atoms with Crippen LogP contribution in [0.1, 0.15) is 6.42 Å². The van der Waals surface area contributed by atoms with Crippen molar-refractivity contribution in [3.63, 3.8) is 0 Å². The predicted molar refractivity (Wildman–Crippen MR) is 69.1 cm³/mol. The zero-order valence-corrected chi connectivity index (χ0v) is 10.4. The lowest BCUT2D eigenvalue weighted by molar-refractivity contribution is -0.121. The van der Waals surface area contributed by atoms with Crippen molar-refractivity contribution in [3.05, 3.63) is 30.1 Å². The molecular weight excluding hydrogens is 233 g/mol. The Bertz CT molecular complexity index is 424. The number of carbonyl (C=O) groups excluding carboxylic acids is 1. The number of rotatable bonds is 3. The summed E-state index contributed by atoms with van der Waals surface area (Å²) in [5, 5.41) is 5.89. The van der Waals surface area contributed by atoms with E-state index < -0.39 is 0 Å². The smallest absolute Gasteiger partial charge is 0.244 e. The Kier molecular flexibility index (Phi) is 4.15. The van der Waals surface area contributed by atoms with Gasteiger partial charge in [-0.25, -0.2) is 4.39 Å². The van der Waals surface area contributed by atoms with Crippen LogP contribution in [-0.4, -0.2) is 38.6 Å². The monoisotopic (exact) mass is 251 g/mol. The average molecular weight is 251 g/mol. The number of halogens is 1. The molecule has 1 aromatic rings. The standard InChI is InChI=1S/C13H18FN3O/c1-15-9-12-13(18)16-6-3-7-17(12)11-5-2-4-10(14)8-11/h2,4-5,8,12,15H,3,6-7,9H2,1H3,(H,16,18). The first kappa shape index (κ1) is 12.8. The van der Waals surface area contributed by atoms with Crippen molar-refractivity contribution < 1.29 is 9.18 Å². The summed E-state index contributed by atoms with van der Waals surface area (Å²) in [5.41, 5.74) is 0.757. The summed E-state index contributed by atoms with van der Waals surface area (Å²) < 4.78 is 13.3. The molecule has 1 unspecified atom stereocenters. The van der Waals surface area contributed by atoms with E-state index >= 15 is 0 Å². The second kappa shape index (κ2) is 5.82. The molecule has 0 aliphatic carbocycles. The highest BCUT2D eigenvalue weighted by Crippen LogP contribution is 2.19. The van der Waals surface area contributed by atoms with E-state index in [0.717, 1.165) is 18.7 Å². The SMILES string of the molecule is CNCC1C(=O)NCCCN1c1cccc(F)c1. The van der Waals surface area contributed by atoms with Crippen LogP contribution in [0.3, 0.4) is 0 Å². The summed E-state index contributed by atoms with van der Waals surface area (Å²) in [5.74, 6) is -0.286. The van der Waals surface area contributed by atoms with Crippen molar-refractivity contribution in [2.45, 2.75) is 12.5 Å². The summed E-state index contributed by atoms with van der Waals surface area (Å²) >= 11 is 0. The molecule has 1 aliphatic rings. The van der Waals surface area contributed by atoms with Gasteiger partial charge in [-0.3, -0.25) is 4.79 Å². The third-order valence-electron chi connectivity index (χ3n) is 3.09. The van der Waals surface area contributed by atoms with Crippen LogP contribution in [-0.2, 0) is 4.79 Å². The Labute approximate surface area is 106 Å². The van der Waals surface area contributed by atoms with Gasteiger partial charge in [0, 0.05) is 25.3 Å². The van der Waals surface area contributed by atoms with E-state index in [0.29, 0.717) is 13.1 Å². The fourth-order valence-electron chi connectivity index (χ4n) is 2.24. The highest BCUT2D eigenvalue weighted by molar-refractivity contribution is 5.86. The molecule has 2 rings (SSSR count). The van der Waals surface area contributed by atoms with Crippen molar-refractivity contribution >= 4 is 11.6 Å². The fraction of sp³-hybridized carbons (Fsp3) is 0.462. The second-order valence-corrected chi connectivity index (χ2v) is 4.39. The van der Waals surface area contributed by atoms with Gasteiger partial charge in [-0.05, 0) is 31.7 Å². The van der Waals surface area contributed by atoms with E-state index in [2.05, 4.69) is 10.6 Å². The Morgan fingerprint density at radius 1 is 1.56 bits per heavy atom. The minimum Gasteiger partial charge on any atom is -0.358 e. The molecule has 1 heterocycles. The van der Waals surface area contributed by atoms with Crippen LogP contribution in [0.25, 0.3) is 0 Å². The Morgan fingerprint density at radius 2 is 2.39 bits per heavy atom. The molecule has 18 heavy (non-hydrogen) atoms. The lowest BCUT2D eigenvalue weighted by Crippen LogP contribution is -2.49. The topological polar surface area (TPSA) is 44.4 Å². The molecule has 98 valence electrons. The zero-order valence-electron chi connectivity index (χ0n) is 10.4. The average Bonchev–Trinajstić information content (AvgIpc) is 2.53. The van der Waals surface area contributed by atoms with Crippen LogP contribution in [0, 0.1) is 5.82 Å². The van der Waals surface area contributed by atoms with Gasteiger partial charge in [-0.15, -0.1) is 0 Å². The van der Waals surface area contributed by atoms with Gasteiger partial charge in [0.15, 0.2) is 0 Å². The molecule has 1 saturated heterocycles. The van der Waals surface area contributed by atoms with Crippen LogP contribution >= 0.6 is 0 Å². The van der Waals surface area contributed by atoms with E-state index in [9.17, 15) is 9.18 Å². The Hall–Kier alpha value is -1.62. The fourth-order valence-corrected chi connectivity index (χ4v) is 2.24. The van der Waals surface area contributed by atoms with Crippen LogP contribution in [0.15, 0.2) is 24.3 Å². The summed E-state index contributed by atoms with van der Waals surface area (Å²) in [4.78, 5) is 13.9. The van der Waals surface area contributed by atoms with E-state index in [-0.39, 0.29) is 17.8 Å². The van der Waals surface area contributed by atoms with Gasteiger partial charge in [0.25, 0.3) is 0 Å². The van der Waals surface area contributed by atoms with E-state index in [1.165, 1.54) is 12.1 Å². The van der Waals surface area contributed by atoms with Crippen molar-refractivity contribution in [2.75, 3.05) is 31.6 Å². The molecule has 0 saturated carbocycles. The molecule has 1 atom stereocenters. The first-order valence-electron chi connectivity index (χ1n) is 6.17. The highest BCUT2D eigenvalue weighted by atomic mass is 19.1. The van der Waals surface area contributed by atoms with Gasteiger partial charge in [0.2, 0.25) is 5.91 Å². The molecule has 0 aromatic heterocycles. The van der Waals surface area contributed by atoms with E-state index in [1.807, 2.05) is 18.0 Å². The largest absolute Gasteiger partial charge is 0.358 e. The number of nitrogens with zero attached hydrogens (tertiary/aromatic N) is 1. The van der Waals surface area contributed by atoms with Crippen LogP contribution < -0.4 is 15.5 Å². The molecule has 0 radical (unpaired) electrons. The maximum atomic E-state index is 13.3. The molecule has 1 amide bonds. The molecule has 4 nitrogen and oxygen atoms in total. The molecule has 0 spiro atoms. The second-order valence-electron chi connectivity index (χ2n) is 4.39. The van der Waals surface area contributed by atoms with Crippen molar-refractivity contribution in [3.8, 4) is 0 Å². The molecule has 1 aromatic carbocycles. The van der Waals surface area contributed by atoms with Gasteiger partial charge < -0.3 is 15.5 Å². The zero-order chi connectivity index (χ0) is 13.0. The minimum absolute atomic E-state index is 0.00823. The molecule has 5 heteroatoms. The van der Waals surface area contributed by atoms with Crippen LogP contribution in [0.5, 0.6) is 0 Å². The number of benzene rings is 1. The van der Waals surface area contributed by atoms with Gasteiger partial charge in [0.05, 0.1) is 0 Å². The number of amides is 1. The summed E-state index contributed by atoms with van der Waals surface area (Å²) in [6.45, 7) is 1.96. The maximum absolute atomic E-state index is 13.3. The first-order chi connectivity index (χ1) is 8.72. The van der Waals surface area contributed by atoms with Gasteiger partial charge >= 0.3 is 0 Å². The highest BCUT2D eigenvalue weighted by Gasteiger charge is 2.27. The van der Waals surface area contributed by atoms with E-state index in [1.54, 1.807) is 6.07 Å². The number of likely N-dealkylation sites (N-methyl/N-ethyl adjacent to an activating group) is 1. The van der Waals surface area contributed by atoms with Crippen LogP contribution in [0.4, 0.5) is 10.1 Å². The van der Waals surface area contributed by atoms with Crippen molar-refractivity contribution in [2.24, 2.45) is 0 Å². The van der Waals surface area contributed by atoms with E-state index in [4.69, 9.17) is 0 Å². The predicted octanol–water partition coefficient (Wildman–Crippen LogP) is 0.740. The summed E-state index contributed by atoms with van der Waals surface area (Å²) in [6, 6.07) is 6.10. The lowest BCUT2D eigenvalue weighted by Gasteiger charge is -2.30. The Balaban J connectivity index is 2.28. The molecule has 1 aliphatic heterocycles. The summed E-state index contributed by atoms with van der Waals surface area (Å²) in [7, 11) is 1.81. The third-order valence-corrected chi connectivity index (χ3v) is 3.09. The molecule has 0 bridgehead atoms. The quantitative estimate of drug-likeness (QED) is 0.833. The lowest BCUT2D eigenvalue weighted by atomic mass is 10.2. The summed E-state index contributed by atoms with van der Waals surface area (Å²) in [6.07, 6.45) is 0.864. The van der Waals surface area contributed by atoms with Crippen molar-refractivity contribution in [1.82, 2.24) is 10.6 Å². The van der Waals surface area contributed by atoms with Crippen molar-refractivity contribution in [1.29, 1.82) is 0 Å². The third kappa shape index (κ3) is 2.79. The van der Waals surface area contributed by atoms with Gasteiger partial charge in [-0.1, -0.05) is 6.07 Å². The Morgan fingerprint density at radius 3 is 3.11 bits per heavy atom. The number of hydrogen-bond donors (Lipinski definition) is 2. The normalized spacial score (nSPS) is 20.4. The first-order valence-corrected chi connectivity index (χ1v) is 6.17.